The molecule has 210 valence electrons. The lowest BCUT2D eigenvalue weighted by Crippen LogP contribution is -2.33. The number of ether oxygens (including phenoxy) is 5. The Balaban J connectivity index is 1.38. The van der Waals surface area contributed by atoms with Crippen molar-refractivity contribution in [3.05, 3.63) is 101 Å². The van der Waals surface area contributed by atoms with Gasteiger partial charge in [0.2, 0.25) is 5.75 Å². The monoisotopic (exact) mass is 558 g/mol. The van der Waals surface area contributed by atoms with E-state index in [0.717, 1.165) is 58.5 Å². The molecule has 0 radical (unpaired) electrons. The zero-order valence-corrected chi connectivity index (χ0v) is 23.8. The van der Waals surface area contributed by atoms with Crippen LogP contribution in [0.5, 0.6) is 46.0 Å². The molecule has 0 fully saturated rings. The van der Waals surface area contributed by atoms with Gasteiger partial charge in [0.15, 0.2) is 34.5 Å². The highest BCUT2D eigenvalue weighted by atomic mass is 16.6. The average Bonchev–Trinajstić information content (AvgIpc) is 3.01. The summed E-state index contributed by atoms with van der Waals surface area (Å²) in [7, 11) is 5.52. The molecule has 5 bridgehead atoms. The Hall–Kier alpha value is -4.75. The smallest absolute Gasteiger partial charge is 0.212 e. The summed E-state index contributed by atoms with van der Waals surface area (Å²) in [6.45, 7) is 0.929. The van der Waals surface area contributed by atoms with Crippen LogP contribution in [0.15, 0.2) is 72.9 Å². The number of hydrogen-bond acceptors (Lipinski definition) is 7. The number of rotatable bonds is 2. The van der Waals surface area contributed by atoms with Crippen LogP contribution in [0.4, 0.5) is 0 Å². The fraction of sp³-hybridized carbons (Fsp3) is 0.229. The van der Waals surface area contributed by atoms with E-state index in [-0.39, 0.29) is 6.04 Å². The van der Waals surface area contributed by atoms with Crippen LogP contribution in [0.2, 0.25) is 0 Å². The molecular weight excluding hydrogens is 528 g/mol. The fourth-order valence-corrected chi connectivity index (χ4v) is 6.49. The van der Waals surface area contributed by atoms with Crippen molar-refractivity contribution in [1.29, 1.82) is 0 Å². The predicted molar refractivity (Wildman–Crippen MR) is 160 cm³/mol. The Labute approximate surface area is 244 Å². The van der Waals surface area contributed by atoms with E-state index in [9.17, 15) is 0 Å². The topological polar surface area (TPSA) is 62.3 Å². The van der Waals surface area contributed by atoms with Gasteiger partial charge < -0.3 is 23.7 Å². The number of hydrogen-bond donors (Lipinski definition) is 0. The Morgan fingerprint density at radius 2 is 1.62 bits per heavy atom. The van der Waals surface area contributed by atoms with Crippen LogP contribution in [0, 0.1) is 0 Å². The van der Waals surface area contributed by atoms with Crippen LogP contribution >= 0.6 is 0 Å². The molecular formula is C35H30N2O5. The molecule has 7 heteroatoms. The summed E-state index contributed by atoms with van der Waals surface area (Å²) in [5.41, 5.74) is 5.56. The summed E-state index contributed by atoms with van der Waals surface area (Å²) in [4.78, 5) is 7.21. The van der Waals surface area contributed by atoms with Crippen LogP contribution in [0.1, 0.15) is 34.0 Å². The van der Waals surface area contributed by atoms with E-state index in [0.29, 0.717) is 40.9 Å². The molecule has 42 heavy (non-hydrogen) atoms. The van der Waals surface area contributed by atoms with Crippen molar-refractivity contribution in [2.45, 2.75) is 25.3 Å². The van der Waals surface area contributed by atoms with Gasteiger partial charge in [0, 0.05) is 30.8 Å². The number of benzene rings is 4. The lowest BCUT2D eigenvalue weighted by molar-refractivity contribution is 0.226. The van der Waals surface area contributed by atoms with Gasteiger partial charge in [-0.1, -0.05) is 24.3 Å². The van der Waals surface area contributed by atoms with E-state index in [2.05, 4.69) is 42.3 Å². The Morgan fingerprint density at radius 3 is 2.45 bits per heavy atom. The first-order chi connectivity index (χ1) is 20.6. The second kappa shape index (κ2) is 9.67. The van der Waals surface area contributed by atoms with Gasteiger partial charge in [-0.25, -0.2) is 0 Å². The van der Waals surface area contributed by atoms with Crippen molar-refractivity contribution >= 4 is 10.8 Å². The first-order valence-corrected chi connectivity index (χ1v) is 14.2. The third-order valence-corrected chi connectivity index (χ3v) is 8.69. The van der Waals surface area contributed by atoms with Crippen molar-refractivity contribution in [2.75, 3.05) is 27.8 Å². The van der Waals surface area contributed by atoms with E-state index in [1.807, 2.05) is 42.6 Å². The molecule has 4 aliphatic heterocycles. The molecule has 4 aromatic carbocycles. The molecule has 9 rings (SSSR count). The van der Waals surface area contributed by atoms with Gasteiger partial charge in [-0.3, -0.25) is 9.88 Å². The largest absolute Gasteiger partial charge is 0.493 e. The molecule has 5 heterocycles. The summed E-state index contributed by atoms with van der Waals surface area (Å²) in [5, 5.41) is 1.91. The Kier molecular flexibility index (Phi) is 5.76. The highest BCUT2D eigenvalue weighted by Crippen LogP contribution is 2.55. The Morgan fingerprint density at radius 1 is 0.810 bits per heavy atom. The van der Waals surface area contributed by atoms with Crippen LogP contribution in [0.3, 0.4) is 0 Å². The second-order valence-corrected chi connectivity index (χ2v) is 11.1. The summed E-state index contributed by atoms with van der Waals surface area (Å²) in [6.07, 6.45) is 4.11. The predicted octanol–water partition coefficient (Wildman–Crippen LogP) is 7.62. The molecule has 0 unspecified atom stereocenters. The van der Waals surface area contributed by atoms with Crippen molar-refractivity contribution in [3.8, 4) is 46.0 Å². The van der Waals surface area contributed by atoms with E-state index in [1.165, 1.54) is 11.1 Å². The lowest BCUT2D eigenvalue weighted by atomic mass is 9.88. The first-order valence-electron chi connectivity index (χ1n) is 14.2. The number of methoxy groups -OCH3 is 2. The van der Waals surface area contributed by atoms with Gasteiger partial charge in [0.05, 0.1) is 25.3 Å². The summed E-state index contributed by atoms with van der Waals surface area (Å²) in [6, 6.07) is 22.7. The van der Waals surface area contributed by atoms with E-state index < -0.39 is 0 Å². The van der Waals surface area contributed by atoms with Crippen LogP contribution in [-0.4, -0.2) is 37.7 Å². The zero-order chi connectivity index (χ0) is 28.4. The van der Waals surface area contributed by atoms with Gasteiger partial charge >= 0.3 is 0 Å². The first kappa shape index (κ1) is 25.0. The third-order valence-electron chi connectivity index (χ3n) is 8.69. The minimum absolute atomic E-state index is 0.107. The van der Waals surface area contributed by atoms with Gasteiger partial charge in [0.1, 0.15) is 5.75 Å². The molecule has 0 spiro atoms. The molecule has 5 aromatic rings. The maximum Gasteiger partial charge on any atom is 0.212 e. The molecule has 0 N–H and O–H groups in total. The summed E-state index contributed by atoms with van der Waals surface area (Å²) in [5.74, 6) is 5.46. The molecule has 1 atom stereocenters. The maximum absolute atomic E-state index is 6.77. The van der Waals surface area contributed by atoms with Crippen molar-refractivity contribution in [2.24, 2.45) is 0 Å². The van der Waals surface area contributed by atoms with E-state index in [1.54, 1.807) is 14.2 Å². The number of nitrogens with zero attached hydrogens (tertiary/aromatic N) is 2. The number of aromatic nitrogens is 1. The molecule has 7 nitrogen and oxygen atoms in total. The lowest BCUT2D eigenvalue weighted by Gasteiger charge is -2.36. The van der Waals surface area contributed by atoms with Gasteiger partial charge in [0.25, 0.3) is 0 Å². The van der Waals surface area contributed by atoms with Gasteiger partial charge in [-0.05, 0) is 84.4 Å². The highest BCUT2D eigenvalue weighted by Gasteiger charge is 2.33. The van der Waals surface area contributed by atoms with Crippen molar-refractivity contribution in [3.63, 3.8) is 0 Å². The molecule has 4 aliphatic rings. The fourth-order valence-electron chi connectivity index (χ4n) is 6.49. The van der Waals surface area contributed by atoms with Gasteiger partial charge in [-0.2, -0.15) is 0 Å². The van der Waals surface area contributed by atoms with Gasteiger partial charge in [-0.15, -0.1) is 0 Å². The minimum atomic E-state index is 0.107. The van der Waals surface area contributed by atoms with Crippen molar-refractivity contribution < 1.29 is 23.7 Å². The summed E-state index contributed by atoms with van der Waals surface area (Å²) < 4.78 is 31.5. The van der Waals surface area contributed by atoms with Crippen LogP contribution in [-0.2, 0) is 19.3 Å². The number of para-hydroxylation sites is 1. The number of likely N-dealkylation sites (N-methyl/N-ethyl adjacent to an activating group) is 1. The average molecular weight is 559 g/mol. The molecule has 0 aliphatic carbocycles. The third kappa shape index (κ3) is 3.96. The SMILES string of the molecule is COc1cccc2c1Oc1ccc(cc1)Cc1nccc3cc(OC)c4c(c13)Oc1cc3c(cc1O4)CCN(C)[C@H]3C2. The molecule has 0 saturated carbocycles. The van der Waals surface area contributed by atoms with E-state index >= 15 is 0 Å². The zero-order valence-electron chi connectivity index (χ0n) is 23.8. The normalized spacial score (nSPS) is 16.8. The van der Waals surface area contributed by atoms with Crippen LogP contribution < -0.4 is 23.7 Å². The highest BCUT2D eigenvalue weighted by molar-refractivity contribution is 5.96. The number of pyridine rings is 1. The second-order valence-electron chi connectivity index (χ2n) is 11.1. The van der Waals surface area contributed by atoms with E-state index in [4.69, 9.17) is 28.7 Å². The maximum atomic E-state index is 6.77. The Bertz CT molecular complexity index is 1870. The van der Waals surface area contributed by atoms with Crippen molar-refractivity contribution in [1.82, 2.24) is 9.88 Å². The minimum Gasteiger partial charge on any atom is -0.493 e. The molecule has 0 amide bonds. The number of fused-ring (bicyclic) bond motifs is 2. The molecule has 0 saturated heterocycles. The van der Waals surface area contributed by atoms with Crippen LogP contribution in [0.25, 0.3) is 10.8 Å². The summed E-state index contributed by atoms with van der Waals surface area (Å²) >= 11 is 0. The molecule has 1 aromatic heterocycles. The standard InChI is InChI=1S/C35H30N2O5/c1-37-14-12-21-17-29-30-19-25(21)27(37)16-23-5-4-6-28(38-2)33(23)40-24-9-7-20(8-10-24)15-26-32-22(11-13-36-26)18-31(39-3)34(41-29)35(32)42-30/h4-11,13,17-19,27H,12,14-16H2,1-3H3/t27-/m0/s1. The quantitative estimate of drug-likeness (QED) is 0.217.